The first-order chi connectivity index (χ1) is 13.1. The van der Waals surface area contributed by atoms with Crippen LogP contribution in [0.15, 0.2) is 41.1 Å². The summed E-state index contributed by atoms with van der Waals surface area (Å²) in [6.45, 7) is 3.74. The van der Waals surface area contributed by atoms with Gasteiger partial charge in [0.15, 0.2) is 12.3 Å². The van der Waals surface area contributed by atoms with Crippen molar-refractivity contribution in [3.05, 3.63) is 57.9 Å². The molecule has 3 aromatic rings. The lowest BCUT2D eigenvalue weighted by Gasteiger charge is -2.14. The number of nitrogens with one attached hydrogen (secondary N) is 1. The predicted octanol–water partition coefficient (Wildman–Crippen LogP) is 4.79. The smallest absolute Gasteiger partial charge is 0.358 e. The summed E-state index contributed by atoms with van der Waals surface area (Å²) in [7, 11) is 0. The Morgan fingerprint density at radius 3 is 2.44 bits per heavy atom. The summed E-state index contributed by atoms with van der Waals surface area (Å²) in [6.07, 6.45) is 1.63. The third kappa shape index (κ3) is 4.61. The maximum atomic E-state index is 12.3. The predicted molar refractivity (Wildman–Crippen MR) is 110 cm³/mol. The quantitative estimate of drug-likeness (QED) is 0.579. The Morgan fingerprint density at radius 2 is 1.81 bits per heavy atom. The topological polar surface area (TPSA) is 68.3 Å². The molecule has 0 saturated carbocycles. The number of ether oxygens (including phenoxy) is 1. The molecule has 7 heteroatoms. The Kier molecular flexibility index (Phi) is 6.36. The molecule has 1 amide bonds. The molecule has 0 radical (unpaired) electrons. The summed E-state index contributed by atoms with van der Waals surface area (Å²) >= 11 is 2.94. The van der Waals surface area contributed by atoms with Crippen molar-refractivity contribution in [2.24, 2.45) is 0 Å². The van der Waals surface area contributed by atoms with Crippen LogP contribution in [0.1, 0.15) is 35.5 Å². The number of thiophene rings is 1. The van der Waals surface area contributed by atoms with Gasteiger partial charge in [0.2, 0.25) is 0 Å². The summed E-state index contributed by atoms with van der Waals surface area (Å²) in [5.41, 5.74) is 3.17. The van der Waals surface area contributed by atoms with Crippen LogP contribution in [0.5, 0.6) is 0 Å². The van der Waals surface area contributed by atoms with E-state index in [0.29, 0.717) is 0 Å². The van der Waals surface area contributed by atoms with Crippen molar-refractivity contribution in [1.82, 2.24) is 4.98 Å². The number of para-hydroxylation sites is 1. The molecule has 2 heterocycles. The van der Waals surface area contributed by atoms with E-state index in [9.17, 15) is 9.59 Å². The maximum Gasteiger partial charge on any atom is 0.358 e. The second kappa shape index (κ2) is 8.92. The van der Waals surface area contributed by atoms with Crippen LogP contribution in [-0.4, -0.2) is 23.5 Å². The fraction of sp³-hybridized carbons (Fsp3) is 0.250. The van der Waals surface area contributed by atoms with Crippen molar-refractivity contribution in [2.45, 2.75) is 26.7 Å². The Labute approximate surface area is 166 Å². The van der Waals surface area contributed by atoms with Crippen LogP contribution in [0.2, 0.25) is 0 Å². The number of aromatic nitrogens is 1. The molecule has 140 valence electrons. The number of esters is 1. The lowest BCUT2D eigenvalue weighted by Crippen LogP contribution is -2.22. The second-order valence-electron chi connectivity index (χ2n) is 5.80. The van der Waals surface area contributed by atoms with Crippen molar-refractivity contribution in [3.8, 4) is 9.88 Å². The first kappa shape index (κ1) is 19.3. The minimum Gasteiger partial charge on any atom is -0.451 e. The van der Waals surface area contributed by atoms with Gasteiger partial charge in [-0.3, -0.25) is 4.79 Å². The molecule has 3 rings (SSSR count). The summed E-state index contributed by atoms with van der Waals surface area (Å²) in [4.78, 5) is 29.7. The van der Waals surface area contributed by atoms with Crippen LogP contribution < -0.4 is 5.32 Å². The number of carbonyl (C=O) groups is 2. The monoisotopic (exact) mass is 400 g/mol. The van der Waals surface area contributed by atoms with Crippen LogP contribution >= 0.6 is 22.7 Å². The number of benzene rings is 1. The Balaban J connectivity index is 1.60. The summed E-state index contributed by atoms with van der Waals surface area (Å²) in [6, 6.07) is 9.84. The van der Waals surface area contributed by atoms with Crippen LogP contribution in [-0.2, 0) is 22.4 Å². The van der Waals surface area contributed by atoms with Gasteiger partial charge in [-0.15, -0.1) is 22.7 Å². The van der Waals surface area contributed by atoms with Gasteiger partial charge >= 0.3 is 5.97 Å². The molecular formula is C20H20N2O3S2. The number of amides is 1. The highest BCUT2D eigenvalue weighted by atomic mass is 32.1. The average Bonchev–Trinajstić information content (AvgIpc) is 3.37. The van der Waals surface area contributed by atoms with Crippen molar-refractivity contribution >= 4 is 40.2 Å². The zero-order chi connectivity index (χ0) is 19.2. The average molecular weight is 401 g/mol. The van der Waals surface area contributed by atoms with Crippen molar-refractivity contribution in [3.63, 3.8) is 0 Å². The minimum absolute atomic E-state index is 0.222. The fourth-order valence-electron chi connectivity index (χ4n) is 2.66. The van der Waals surface area contributed by atoms with E-state index in [1.54, 1.807) is 16.7 Å². The lowest BCUT2D eigenvalue weighted by atomic mass is 10.0. The van der Waals surface area contributed by atoms with Crippen molar-refractivity contribution in [2.75, 3.05) is 11.9 Å². The van der Waals surface area contributed by atoms with E-state index < -0.39 is 5.97 Å². The minimum atomic E-state index is -0.594. The number of thiazole rings is 1. The van der Waals surface area contributed by atoms with E-state index in [4.69, 9.17) is 4.74 Å². The van der Waals surface area contributed by atoms with E-state index in [-0.39, 0.29) is 18.2 Å². The highest BCUT2D eigenvalue weighted by Gasteiger charge is 2.16. The summed E-state index contributed by atoms with van der Waals surface area (Å²) in [5.74, 6) is -0.948. The van der Waals surface area contributed by atoms with Crippen molar-refractivity contribution < 1.29 is 14.3 Å². The molecule has 2 aromatic heterocycles. The summed E-state index contributed by atoms with van der Waals surface area (Å²) < 4.78 is 5.14. The van der Waals surface area contributed by atoms with E-state index in [2.05, 4.69) is 10.3 Å². The molecule has 1 aromatic carbocycles. The molecule has 0 atom stereocenters. The summed E-state index contributed by atoms with van der Waals surface area (Å²) in [5, 5.41) is 7.26. The van der Waals surface area contributed by atoms with Gasteiger partial charge in [-0.1, -0.05) is 38.1 Å². The lowest BCUT2D eigenvalue weighted by molar-refractivity contribution is -0.119. The van der Waals surface area contributed by atoms with Gasteiger partial charge in [-0.25, -0.2) is 9.78 Å². The van der Waals surface area contributed by atoms with Crippen LogP contribution in [0.4, 0.5) is 5.69 Å². The van der Waals surface area contributed by atoms with Crippen molar-refractivity contribution in [1.29, 1.82) is 0 Å². The van der Waals surface area contributed by atoms with E-state index in [1.165, 1.54) is 11.3 Å². The molecule has 0 aliphatic rings. The fourth-order valence-corrected chi connectivity index (χ4v) is 4.27. The molecule has 0 aliphatic carbocycles. The van der Waals surface area contributed by atoms with Gasteiger partial charge in [0, 0.05) is 11.1 Å². The molecule has 5 nitrogen and oxygen atoms in total. The van der Waals surface area contributed by atoms with Gasteiger partial charge in [0.05, 0.1) is 4.88 Å². The molecular weight excluding hydrogens is 380 g/mol. The van der Waals surface area contributed by atoms with Gasteiger partial charge in [-0.2, -0.15) is 0 Å². The number of nitrogens with zero attached hydrogens (tertiary/aromatic N) is 1. The molecule has 0 saturated heterocycles. The highest BCUT2D eigenvalue weighted by Crippen LogP contribution is 2.28. The number of hydrogen-bond donors (Lipinski definition) is 1. The number of hydrogen-bond acceptors (Lipinski definition) is 6. The van der Waals surface area contributed by atoms with Gasteiger partial charge in [0.25, 0.3) is 5.91 Å². The largest absolute Gasteiger partial charge is 0.451 e. The normalized spacial score (nSPS) is 10.6. The zero-order valence-electron chi connectivity index (χ0n) is 15.2. The molecule has 0 spiro atoms. The molecule has 0 aliphatic heterocycles. The molecule has 0 unspecified atom stereocenters. The van der Waals surface area contributed by atoms with Crippen LogP contribution in [0.25, 0.3) is 9.88 Å². The number of rotatable bonds is 7. The number of anilines is 1. The standard InChI is InChI=1S/C20H20N2O3S2/c1-3-13-7-5-8-14(4-2)18(13)22-17(23)11-25-20(24)15-12-27-19(21-15)16-9-6-10-26-16/h5-10,12H,3-4,11H2,1-2H3,(H,22,23). The molecule has 27 heavy (non-hydrogen) atoms. The van der Waals surface area contributed by atoms with E-state index in [1.807, 2.05) is 49.6 Å². The maximum absolute atomic E-state index is 12.3. The Hall–Kier alpha value is -2.51. The first-order valence-corrected chi connectivity index (χ1v) is 10.5. The van der Waals surface area contributed by atoms with Crippen LogP contribution in [0.3, 0.4) is 0 Å². The Morgan fingerprint density at radius 1 is 1.07 bits per heavy atom. The number of aryl methyl sites for hydroxylation is 2. The SMILES string of the molecule is CCc1cccc(CC)c1NC(=O)COC(=O)c1csc(-c2cccs2)n1. The van der Waals surface area contributed by atoms with Gasteiger partial charge in [-0.05, 0) is 35.4 Å². The first-order valence-electron chi connectivity index (χ1n) is 8.69. The third-order valence-corrected chi connectivity index (χ3v) is 5.92. The third-order valence-electron chi connectivity index (χ3n) is 4.04. The Bertz CT molecular complexity index is 910. The van der Waals surface area contributed by atoms with Gasteiger partial charge < -0.3 is 10.1 Å². The van der Waals surface area contributed by atoms with E-state index in [0.717, 1.165) is 39.5 Å². The van der Waals surface area contributed by atoms with E-state index >= 15 is 0 Å². The molecule has 1 N–H and O–H groups in total. The van der Waals surface area contributed by atoms with Gasteiger partial charge in [0.1, 0.15) is 5.01 Å². The molecule has 0 bridgehead atoms. The number of carbonyl (C=O) groups excluding carboxylic acids is 2. The second-order valence-corrected chi connectivity index (χ2v) is 7.60. The van der Waals surface area contributed by atoms with Crippen LogP contribution in [0, 0.1) is 0 Å². The highest BCUT2D eigenvalue weighted by molar-refractivity contribution is 7.20. The zero-order valence-corrected chi connectivity index (χ0v) is 16.8. The molecule has 0 fully saturated rings.